The van der Waals surface area contributed by atoms with Crippen LogP contribution in [0.4, 0.5) is 4.39 Å². The Morgan fingerprint density at radius 1 is 1.39 bits per heavy atom. The van der Waals surface area contributed by atoms with Gasteiger partial charge >= 0.3 is 0 Å². The van der Waals surface area contributed by atoms with Crippen molar-refractivity contribution in [1.82, 2.24) is 15.4 Å². The van der Waals surface area contributed by atoms with Crippen molar-refractivity contribution in [3.63, 3.8) is 0 Å². The van der Waals surface area contributed by atoms with E-state index in [9.17, 15) is 9.18 Å². The molecule has 1 fully saturated rings. The lowest BCUT2D eigenvalue weighted by Gasteiger charge is -2.33. The second-order valence-electron chi connectivity index (χ2n) is 7.40. The number of unbranched alkanes of at least 4 members (excludes halogenated alkanes) is 1. The van der Waals surface area contributed by atoms with Crippen LogP contribution >= 0.6 is 11.6 Å². The monoisotopic (exact) mass is 407 g/mol. The average Bonchev–Trinajstić information content (AvgIpc) is 3.04. The Morgan fingerprint density at radius 3 is 2.96 bits per heavy atom. The molecule has 2 heterocycles. The molecule has 0 bridgehead atoms. The zero-order valence-corrected chi connectivity index (χ0v) is 17.2. The summed E-state index contributed by atoms with van der Waals surface area (Å²) < 4.78 is 19.4. The third-order valence-electron chi connectivity index (χ3n) is 5.39. The molecular weight excluding hydrogens is 381 g/mol. The molecule has 1 unspecified atom stereocenters. The first-order valence-electron chi connectivity index (χ1n) is 9.92. The van der Waals surface area contributed by atoms with Crippen molar-refractivity contribution in [3.8, 4) is 11.3 Å². The second kappa shape index (κ2) is 9.52. The van der Waals surface area contributed by atoms with E-state index >= 15 is 0 Å². The lowest BCUT2D eigenvalue weighted by atomic mass is 10.0. The fraction of sp³-hybridized carbons (Fsp3) is 0.524. The maximum Gasteiger partial charge on any atom is 0.257 e. The third kappa shape index (κ3) is 4.73. The van der Waals surface area contributed by atoms with Crippen molar-refractivity contribution in [2.24, 2.45) is 0 Å². The maximum atomic E-state index is 14.2. The normalized spacial score (nSPS) is 17.6. The quantitative estimate of drug-likeness (QED) is 0.668. The van der Waals surface area contributed by atoms with Crippen LogP contribution in [0.25, 0.3) is 11.3 Å². The Labute approximate surface area is 170 Å². The summed E-state index contributed by atoms with van der Waals surface area (Å²) in [5.41, 5.74) is 0.460. The molecule has 1 aliphatic rings. The summed E-state index contributed by atoms with van der Waals surface area (Å²) in [6.45, 7) is 6.69. The number of aromatic nitrogens is 1. The summed E-state index contributed by atoms with van der Waals surface area (Å²) in [7, 11) is 0. The lowest BCUT2D eigenvalue weighted by Crippen LogP contribution is -2.38. The number of nitrogens with one attached hydrogen (secondary N) is 1. The van der Waals surface area contributed by atoms with Gasteiger partial charge in [-0.25, -0.2) is 4.39 Å². The highest BCUT2D eigenvalue weighted by Gasteiger charge is 2.25. The number of aryl methyl sites for hydroxylation is 1. The number of halogens is 2. The molecule has 28 heavy (non-hydrogen) atoms. The molecule has 152 valence electrons. The first-order valence-corrected chi connectivity index (χ1v) is 10.3. The summed E-state index contributed by atoms with van der Waals surface area (Å²) in [6.07, 6.45) is 5.77. The van der Waals surface area contributed by atoms with Gasteiger partial charge in [-0.15, -0.1) is 0 Å². The van der Waals surface area contributed by atoms with Gasteiger partial charge in [-0.3, -0.25) is 4.79 Å². The molecule has 1 saturated heterocycles. The zero-order valence-electron chi connectivity index (χ0n) is 16.4. The van der Waals surface area contributed by atoms with Gasteiger partial charge in [-0.05, 0) is 64.8 Å². The SMILES string of the molecule is Cc1onc(-c2c(F)cccc2Cl)c1C(=O)NCCCCN1CCCCC1C. The highest BCUT2D eigenvalue weighted by atomic mass is 35.5. The maximum absolute atomic E-state index is 14.2. The van der Waals surface area contributed by atoms with E-state index in [2.05, 4.69) is 22.3 Å². The summed E-state index contributed by atoms with van der Waals surface area (Å²) in [4.78, 5) is 15.2. The van der Waals surface area contributed by atoms with Crippen LogP contribution in [-0.2, 0) is 0 Å². The fourth-order valence-electron chi connectivity index (χ4n) is 3.75. The Bertz CT molecular complexity index is 804. The lowest BCUT2D eigenvalue weighted by molar-refractivity contribution is 0.0950. The fourth-order valence-corrected chi connectivity index (χ4v) is 4.01. The van der Waals surface area contributed by atoms with Gasteiger partial charge in [0.15, 0.2) is 0 Å². The molecule has 1 N–H and O–H groups in total. The largest absolute Gasteiger partial charge is 0.360 e. The Morgan fingerprint density at radius 2 is 2.21 bits per heavy atom. The van der Waals surface area contributed by atoms with E-state index in [1.807, 2.05) is 0 Å². The number of nitrogens with zero attached hydrogens (tertiary/aromatic N) is 2. The third-order valence-corrected chi connectivity index (χ3v) is 5.70. The summed E-state index contributed by atoms with van der Waals surface area (Å²) in [5.74, 6) is -0.515. The van der Waals surface area contributed by atoms with Crippen molar-refractivity contribution >= 4 is 17.5 Å². The molecule has 5 nitrogen and oxygen atoms in total. The molecule has 1 aromatic heterocycles. The van der Waals surface area contributed by atoms with Crippen LogP contribution in [0.1, 0.15) is 55.1 Å². The number of rotatable bonds is 7. The minimum Gasteiger partial charge on any atom is -0.360 e. The number of piperidine rings is 1. The minimum atomic E-state index is -0.537. The predicted molar refractivity (Wildman–Crippen MR) is 108 cm³/mol. The molecule has 3 rings (SSSR count). The van der Waals surface area contributed by atoms with Crippen molar-refractivity contribution in [3.05, 3.63) is 40.4 Å². The van der Waals surface area contributed by atoms with Gasteiger partial charge in [-0.2, -0.15) is 0 Å². The van der Waals surface area contributed by atoms with E-state index < -0.39 is 5.82 Å². The van der Waals surface area contributed by atoms with Crippen LogP contribution in [0.5, 0.6) is 0 Å². The van der Waals surface area contributed by atoms with Crippen LogP contribution < -0.4 is 5.32 Å². The Balaban J connectivity index is 1.57. The van der Waals surface area contributed by atoms with E-state index in [1.54, 1.807) is 13.0 Å². The molecule has 1 amide bonds. The number of hydrogen-bond donors (Lipinski definition) is 1. The van der Waals surface area contributed by atoms with Crippen LogP contribution in [0, 0.1) is 12.7 Å². The molecule has 7 heteroatoms. The van der Waals surface area contributed by atoms with Crippen molar-refractivity contribution in [2.45, 2.75) is 52.0 Å². The highest BCUT2D eigenvalue weighted by molar-refractivity contribution is 6.33. The van der Waals surface area contributed by atoms with E-state index in [0.717, 1.165) is 19.4 Å². The van der Waals surface area contributed by atoms with E-state index in [0.29, 0.717) is 18.3 Å². The molecular formula is C21H27ClFN3O2. The Hall–Kier alpha value is -1.92. The number of benzene rings is 1. The first kappa shape index (κ1) is 20.8. The molecule has 0 spiro atoms. The number of likely N-dealkylation sites (tertiary alicyclic amines) is 1. The van der Waals surface area contributed by atoms with E-state index in [-0.39, 0.29) is 27.8 Å². The minimum absolute atomic E-state index is 0.0882. The number of carbonyl (C=O) groups excluding carboxylic acids is 1. The molecule has 0 radical (unpaired) electrons. The van der Waals surface area contributed by atoms with Crippen LogP contribution in [0.3, 0.4) is 0 Å². The van der Waals surface area contributed by atoms with Crippen molar-refractivity contribution < 1.29 is 13.7 Å². The van der Waals surface area contributed by atoms with Crippen LogP contribution in [-0.4, -0.2) is 41.6 Å². The smallest absolute Gasteiger partial charge is 0.257 e. The zero-order chi connectivity index (χ0) is 20.1. The summed E-state index contributed by atoms with van der Waals surface area (Å²) in [6, 6.07) is 5.01. The van der Waals surface area contributed by atoms with Gasteiger partial charge < -0.3 is 14.7 Å². The van der Waals surface area contributed by atoms with Gasteiger partial charge in [-0.1, -0.05) is 29.2 Å². The molecule has 1 aromatic carbocycles. The molecule has 0 aliphatic carbocycles. The number of hydrogen-bond acceptors (Lipinski definition) is 4. The number of carbonyl (C=O) groups is 1. The van der Waals surface area contributed by atoms with Gasteiger partial charge in [0.05, 0.1) is 10.6 Å². The van der Waals surface area contributed by atoms with Gasteiger partial charge in [0.1, 0.15) is 22.8 Å². The van der Waals surface area contributed by atoms with E-state index in [1.165, 1.54) is 37.9 Å². The predicted octanol–water partition coefficient (Wildman–Crippen LogP) is 4.83. The highest BCUT2D eigenvalue weighted by Crippen LogP contribution is 2.33. The average molecular weight is 408 g/mol. The first-order chi connectivity index (χ1) is 13.5. The topological polar surface area (TPSA) is 58.4 Å². The standard InChI is InChI=1S/C21H27ClFN3O2/c1-14-8-3-5-12-26(14)13-6-4-11-24-21(27)18-15(2)28-25-20(18)19-16(22)9-7-10-17(19)23/h7,9-10,14H,3-6,8,11-13H2,1-2H3,(H,24,27). The van der Waals surface area contributed by atoms with Gasteiger partial charge in [0.25, 0.3) is 5.91 Å². The molecule has 1 aliphatic heterocycles. The number of amides is 1. The van der Waals surface area contributed by atoms with Gasteiger partial charge in [0.2, 0.25) is 0 Å². The van der Waals surface area contributed by atoms with Crippen LogP contribution in [0.2, 0.25) is 5.02 Å². The Kier molecular flexibility index (Phi) is 7.08. The van der Waals surface area contributed by atoms with Crippen molar-refractivity contribution in [1.29, 1.82) is 0 Å². The molecule has 1 atom stereocenters. The molecule has 2 aromatic rings. The summed E-state index contributed by atoms with van der Waals surface area (Å²) >= 11 is 6.12. The van der Waals surface area contributed by atoms with Gasteiger partial charge in [0, 0.05) is 12.6 Å². The molecule has 0 saturated carbocycles. The van der Waals surface area contributed by atoms with Crippen molar-refractivity contribution in [2.75, 3.05) is 19.6 Å². The summed E-state index contributed by atoms with van der Waals surface area (Å²) in [5, 5.41) is 6.97. The van der Waals surface area contributed by atoms with E-state index in [4.69, 9.17) is 16.1 Å². The second-order valence-corrected chi connectivity index (χ2v) is 7.81. The van der Waals surface area contributed by atoms with Crippen LogP contribution in [0.15, 0.2) is 22.7 Å².